The van der Waals surface area contributed by atoms with Gasteiger partial charge in [0.25, 0.3) is 0 Å². The largest absolute Gasteiger partial charge is 0.452 e. The zero-order valence-electron chi connectivity index (χ0n) is 33.2. The SMILES string of the molecule is [2H]c1c([2H])c([2H])c2c(c1[2H])c1c([2H])c([2H])c([2H])c([2H])c1n2-c1nc(-c2cccc(-c3cccc4cccc(-c5ccccc5)c34)c2)c2oc3ccccc3c2n1. The highest BCUT2D eigenvalue weighted by atomic mass is 16.3. The summed E-state index contributed by atoms with van der Waals surface area (Å²) in [5.74, 6) is -0.0453. The van der Waals surface area contributed by atoms with E-state index >= 15 is 0 Å². The maximum absolute atomic E-state index is 9.05. The molecule has 0 saturated carbocycles. The van der Waals surface area contributed by atoms with Crippen LogP contribution in [-0.4, -0.2) is 14.5 Å². The van der Waals surface area contributed by atoms with Crippen LogP contribution in [0.15, 0.2) is 168 Å². The highest BCUT2D eigenvalue weighted by Crippen LogP contribution is 2.40. The van der Waals surface area contributed by atoms with Gasteiger partial charge in [-0.2, -0.15) is 0 Å². The lowest BCUT2D eigenvalue weighted by Gasteiger charge is -2.14. The van der Waals surface area contributed by atoms with Gasteiger partial charge in [-0.15, -0.1) is 0 Å². The molecule has 10 rings (SSSR count). The molecule has 0 N–H and O–H groups in total. The molecule has 0 amide bonds. The lowest BCUT2D eigenvalue weighted by atomic mass is 9.91. The van der Waals surface area contributed by atoms with E-state index < -0.39 is 48.3 Å². The summed E-state index contributed by atoms with van der Waals surface area (Å²) >= 11 is 0. The molecule has 0 saturated heterocycles. The van der Waals surface area contributed by atoms with Crippen LogP contribution in [0, 0.1) is 0 Å². The van der Waals surface area contributed by atoms with Gasteiger partial charge in [0.05, 0.1) is 22.0 Å². The van der Waals surface area contributed by atoms with Crippen molar-refractivity contribution in [2.75, 3.05) is 0 Å². The second kappa shape index (κ2) is 10.5. The van der Waals surface area contributed by atoms with Gasteiger partial charge in [0.15, 0.2) is 5.58 Å². The predicted octanol–water partition coefficient (Wildman–Crippen LogP) is 11.6. The van der Waals surface area contributed by atoms with E-state index in [9.17, 15) is 0 Å². The third kappa shape index (κ3) is 4.03. The van der Waals surface area contributed by atoms with Gasteiger partial charge in [0.1, 0.15) is 16.8 Å². The van der Waals surface area contributed by atoms with E-state index in [-0.39, 0.29) is 27.8 Å². The molecule has 0 radical (unpaired) electrons. The van der Waals surface area contributed by atoms with Crippen molar-refractivity contribution in [3.05, 3.63) is 164 Å². The molecule has 0 aliphatic heterocycles. The minimum Gasteiger partial charge on any atom is -0.452 e. The Morgan fingerprint density at radius 3 is 1.94 bits per heavy atom. The molecule has 7 aromatic carbocycles. The summed E-state index contributed by atoms with van der Waals surface area (Å²) in [5.41, 5.74) is 6.43. The summed E-state index contributed by atoms with van der Waals surface area (Å²) in [6.07, 6.45) is 0. The van der Waals surface area contributed by atoms with Crippen LogP contribution in [0.2, 0.25) is 0 Å². The molecule has 3 heterocycles. The Bertz CT molecular complexity index is 3220. The molecule has 10 aromatic rings. The number of fused-ring (bicyclic) bond motifs is 7. The van der Waals surface area contributed by atoms with Gasteiger partial charge in [-0.05, 0) is 63.3 Å². The fourth-order valence-corrected chi connectivity index (χ4v) is 6.77. The van der Waals surface area contributed by atoms with Crippen LogP contribution >= 0.6 is 0 Å². The number of rotatable bonds is 4. The monoisotopic (exact) mass is 621 g/mol. The minimum atomic E-state index is -0.521. The second-order valence-electron chi connectivity index (χ2n) is 11.6. The third-order valence-corrected chi connectivity index (χ3v) is 8.88. The fraction of sp³-hybridized carbons (Fsp3) is 0. The van der Waals surface area contributed by atoms with Crippen molar-refractivity contribution in [3.63, 3.8) is 0 Å². The molecular formula is C44H27N3O. The standard InChI is InChI=1S/C44H27N3O/c1-2-13-28(14-3-1)32-22-11-15-29-16-12-23-33(40(29)32)30-17-10-18-31(27-30)41-43-42(36-21-6-9-26-39(36)48-43)46-44(45-41)47-37-24-7-4-19-34(37)35-20-5-8-25-38(35)47/h1-27H/i4D,5D,7D,8D,19D,20D,24D,25D. The van der Waals surface area contributed by atoms with Crippen LogP contribution in [0.1, 0.15) is 11.0 Å². The predicted molar refractivity (Wildman–Crippen MR) is 197 cm³/mol. The van der Waals surface area contributed by atoms with E-state index in [1.807, 2.05) is 72.8 Å². The molecule has 0 unspecified atom stereocenters. The first-order valence-electron chi connectivity index (χ1n) is 19.5. The molecule has 4 heteroatoms. The fourth-order valence-electron chi connectivity index (χ4n) is 6.77. The smallest absolute Gasteiger partial charge is 0.236 e. The normalized spacial score (nSPS) is 14.1. The van der Waals surface area contributed by atoms with Gasteiger partial charge in [0.2, 0.25) is 5.95 Å². The number of furan rings is 1. The van der Waals surface area contributed by atoms with Crippen molar-refractivity contribution < 1.29 is 15.4 Å². The van der Waals surface area contributed by atoms with Gasteiger partial charge >= 0.3 is 0 Å². The van der Waals surface area contributed by atoms with Crippen molar-refractivity contribution >= 4 is 54.6 Å². The molecular weight excluding hydrogens is 587 g/mol. The van der Waals surface area contributed by atoms with Crippen molar-refractivity contribution in [3.8, 4) is 39.5 Å². The summed E-state index contributed by atoms with van der Waals surface area (Å²) in [6, 6.07) is 34.3. The molecule has 0 spiro atoms. The number of para-hydroxylation sites is 3. The summed E-state index contributed by atoms with van der Waals surface area (Å²) in [7, 11) is 0. The molecule has 3 aromatic heterocycles. The zero-order valence-corrected chi connectivity index (χ0v) is 25.2. The second-order valence-corrected chi connectivity index (χ2v) is 11.6. The van der Waals surface area contributed by atoms with Crippen molar-refractivity contribution in [2.45, 2.75) is 0 Å². The molecule has 4 nitrogen and oxygen atoms in total. The van der Waals surface area contributed by atoms with Gasteiger partial charge in [-0.3, -0.25) is 4.57 Å². The quantitative estimate of drug-likeness (QED) is 0.196. The van der Waals surface area contributed by atoms with E-state index in [0.717, 1.165) is 33.0 Å². The van der Waals surface area contributed by atoms with Crippen LogP contribution in [-0.2, 0) is 0 Å². The van der Waals surface area contributed by atoms with Crippen LogP contribution in [0.3, 0.4) is 0 Å². The van der Waals surface area contributed by atoms with E-state index in [1.54, 1.807) is 0 Å². The summed E-state index contributed by atoms with van der Waals surface area (Å²) in [6.45, 7) is 0. The van der Waals surface area contributed by atoms with Crippen LogP contribution in [0.25, 0.3) is 94.1 Å². The lowest BCUT2D eigenvalue weighted by molar-refractivity contribution is 0.666. The lowest BCUT2D eigenvalue weighted by Crippen LogP contribution is -2.02. The number of benzene rings is 7. The molecule has 0 aliphatic rings. The van der Waals surface area contributed by atoms with Gasteiger partial charge < -0.3 is 4.42 Å². The first kappa shape index (κ1) is 19.9. The average molecular weight is 622 g/mol. The molecule has 0 atom stereocenters. The van der Waals surface area contributed by atoms with Crippen LogP contribution < -0.4 is 0 Å². The third-order valence-electron chi connectivity index (χ3n) is 8.88. The molecule has 0 fully saturated rings. The Balaban J connectivity index is 1.31. The van der Waals surface area contributed by atoms with Crippen molar-refractivity contribution in [1.29, 1.82) is 0 Å². The molecule has 0 bridgehead atoms. The average Bonchev–Trinajstić information content (AvgIpc) is 3.80. The van der Waals surface area contributed by atoms with Crippen LogP contribution in [0.5, 0.6) is 0 Å². The van der Waals surface area contributed by atoms with Gasteiger partial charge in [0, 0.05) is 21.7 Å². The summed E-state index contributed by atoms with van der Waals surface area (Å²) in [4.78, 5) is 10.0. The maximum Gasteiger partial charge on any atom is 0.236 e. The van der Waals surface area contributed by atoms with E-state index in [1.165, 1.54) is 4.57 Å². The zero-order chi connectivity index (χ0) is 38.6. The van der Waals surface area contributed by atoms with Gasteiger partial charge in [-0.25, -0.2) is 9.97 Å². The molecule has 224 valence electrons. The van der Waals surface area contributed by atoms with Crippen molar-refractivity contribution in [1.82, 2.24) is 14.5 Å². The van der Waals surface area contributed by atoms with E-state index in [2.05, 4.69) is 42.5 Å². The highest BCUT2D eigenvalue weighted by molar-refractivity contribution is 6.11. The van der Waals surface area contributed by atoms with Crippen molar-refractivity contribution in [2.24, 2.45) is 0 Å². The molecule has 48 heavy (non-hydrogen) atoms. The number of aromatic nitrogens is 3. The first-order chi connectivity index (χ1) is 27.1. The summed E-state index contributed by atoms with van der Waals surface area (Å²) in [5, 5.41) is 2.75. The Hall–Kier alpha value is -6.52. The maximum atomic E-state index is 9.05. The summed E-state index contributed by atoms with van der Waals surface area (Å²) < 4.78 is 77.8. The molecule has 0 aliphatic carbocycles. The number of nitrogens with zero attached hydrogens (tertiary/aromatic N) is 3. The Morgan fingerprint density at radius 2 is 1.17 bits per heavy atom. The topological polar surface area (TPSA) is 43.9 Å². The van der Waals surface area contributed by atoms with Crippen LogP contribution in [0.4, 0.5) is 0 Å². The Kier molecular flexibility index (Phi) is 4.35. The highest BCUT2D eigenvalue weighted by Gasteiger charge is 2.21. The van der Waals surface area contributed by atoms with Gasteiger partial charge in [-0.1, -0.05) is 133 Å². The minimum absolute atomic E-state index is 0.0453. The number of hydrogen-bond donors (Lipinski definition) is 0. The van der Waals surface area contributed by atoms with E-state index in [0.29, 0.717) is 33.3 Å². The first-order valence-corrected chi connectivity index (χ1v) is 15.5. The van der Waals surface area contributed by atoms with E-state index in [4.69, 9.17) is 25.4 Å². The Morgan fingerprint density at radius 1 is 0.542 bits per heavy atom. The Labute approximate surface area is 287 Å². The number of hydrogen-bond acceptors (Lipinski definition) is 3.